The van der Waals surface area contributed by atoms with Crippen molar-refractivity contribution in [3.63, 3.8) is 0 Å². The highest BCUT2D eigenvalue weighted by Crippen LogP contribution is 2.42. The summed E-state index contributed by atoms with van der Waals surface area (Å²) in [6.07, 6.45) is -0.896. The van der Waals surface area contributed by atoms with Crippen LogP contribution in [0.4, 0.5) is 5.69 Å². The van der Waals surface area contributed by atoms with Crippen molar-refractivity contribution < 1.29 is 27.5 Å². The van der Waals surface area contributed by atoms with E-state index in [1.807, 2.05) is 4.90 Å². The predicted molar refractivity (Wildman–Crippen MR) is 103 cm³/mol. The maximum absolute atomic E-state index is 12.5. The molecular weight excluding hydrogens is 406 g/mol. The standard InChI is InChI=1S/C17H19N3O6S2/c1-11(15(21)19-4-7-25-8-5-19)26-16(22)12-2-3-13-14(10-12)27-17-18-28(23,24)9-6-20(13)17/h2-3,10-11H,4-9H2,1H3. The molecule has 9 nitrogen and oxygen atoms in total. The molecule has 0 aliphatic carbocycles. The first-order valence-electron chi connectivity index (χ1n) is 8.84. The van der Waals surface area contributed by atoms with Gasteiger partial charge in [0.15, 0.2) is 11.3 Å². The Kier molecular flexibility index (Phi) is 5.06. The van der Waals surface area contributed by atoms with Gasteiger partial charge in [-0.25, -0.2) is 13.2 Å². The summed E-state index contributed by atoms with van der Waals surface area (Å²) >= 11 is 1.20. The Morgan fingerprint density at radius 2 is 2.00 bits per heavy atom. The van der Waals surface area contributed by atoms with Crippen molar-refractivity contribution in [3.05, 3.63) is 23.8 Å². The summed E-state index contributed by atoms with van der Waals surface area (Å²) in [6, 6.07) is 5.00. The van der Waals surface area contributed by atoms with Crippen LogP contribution in [-0.4, -0.2) is 75.1 Å². The molecule has 3 heterocycles. The van der Waals surface area contributed by atoms with Crippen LogP contribution < -0.4 is 4.90 Å². The van der Waals surface area contributed by atoms with E-state index in [0.29, 0.717) is 43.6 Å². The molecule has 1 saturated heterocycles. The fourth-order valence-corrected chi connectivity index (χ4v) is 5.47. The SMILES string of the molecule is CC(OC(=O)c1ccc2c(c1)SC1=NS(=O)(=O)CCN12)C(=O)N1CCOCC1. The Labute approximate surface area is 166 Å². The number of amides is 1. The third-order valence-corrected chi connectivity index (χ3v) is 6.97. The van der Waals surface area contributed by atoms with E-state index < -0.39 is 22.1 Å². The molecule has 0 spiro atoms. The maximum atomic E-state index is 12.5. The average molecular weight is 425 g/mol. The molecule has 1 atom stereocenters. The Balaban J connectivity index is 1.46. The zero-order valence-electron chi connectivity index (χ0n) is 15.2. The molecule has 1 amide bonds. The summed E-state index contributed by atoms with van der Waals surface area (Å²) in [5.74, 6) is -0.887. The minimum absolute atomic E-state index is 0.0402. The number of amidine groups is 1. The van der Waals surface area contributed by atoms with Gasteiger partial charge < -0.3 is 19.3 Å². The van der Waals surface area contributed by atoms with E-state index in [2.05, 4.69) is 4.40 Å². The number of carbonyl (C=O) groups is 2. The number of sulfonamides is 1. The zero-order valence-corrected chi connectivity index (χ0v) is 16.8. The quantitative estimate of drug-likeness (QED) is 0.652. The molecule has 4 rings (SSSR count). The van der Waals surface area contributed by atoms with Crippen molar-refractivity contribution in [2.24, 2.45) is 4.40 Å². The largest absolute Gasteiger partial charge is 0.449 e. The molecule has 3 aliphatic heterocycles. The number of ether oxygens (including phenoxy) is 2. The summed E-state index contributed by atoms with van der Waals surface area (Å²) < 4.78 is 37.7. The van der Waals surface area contributed by atoms with Crippen molar-refractivity contribution in [2.45, 2.75) is 17.9 Å². The van der Waals surface area contributed by atoms with Gasteiger partial charge >= 0.3 is 5.97 Å². The number of fused-ring (bicyclic) bond motifs is 3. The van der Waals surface area contributed by atoms with Crippen LogP contribution in [0.15, 0.2) is 27.5 Å². The normalized spacial score (nSPS) is 21.4. The lowest BCUT2D eigenvalue weighted by molar-refractivity contribution is -0.143. The number of hydrogen-bond acceptors (Lipinski definition) is 8. The van der Waals surface area contributed by atoms with E-state index in [0.717, 1.165) is 10.6 Å². The molecule has 1 fully saturated rings. The van der Waals surface area contributed by atoms with Gasteiger partial charge in [0.05, 0.1) is 30.2 Å². The second-order valence-corrected chi connectivity index (χ2v) is 9.35. The van der Waals surface area contributed by atoms with Crippen LogP contribution in [0.5, 0.6) is 0 Å². The molecule has 11 heteroatoms. The monoisotopic (exact) mass is 425 g/mol. The van der Waals surface area contributed by atoms with Gasteiger partial charge in [-0.3, -0.25) is 4.79 Å². The van der Waals surface area contributed by atoms with E-state index >= 15 is 0 Å². The van der Waals surface area contributed by atoms with Crippen molar-refractivity contribution in [3.8, 4) is 0 Å². The van der Waals surface area contributed by atoms with Gasteiger partial charge in [-0.15, -0.1) is 4.40 Å². The predicted octanol–water partition coefficient (Wildman–Crippen LogP) is 0.702. The third-order valence-electron chi connectivity index (χ3n) is 4.66. The molecular formula is C17H19N3O6S2. The summed E-state index contributed by atoms with van der Waals surface area (Å²) in [5, 5.41) is 0.391. The van der Waals surface area contributed by atoms with Crippen LogP contribution in [0.1, 0.15) is 17.3 Å². The van der Waals surface area contributed by atoms with Crippen LogP contribution in [-0.2, 0) is 24.3 Å². The Bertz CT molecular complexity index is 956. The van der Waals surface area contributed by atoms with E-state index in [-0.39, 0.29) is 11.7 Å². The molecule has 1 aromatic rings. The molecule has 0 bridgehead atoms. The second kappa shape index (κ2) is 7.37. The molecule has 0 N–H and O–H groups in total. The van der Waals surface area contributed by atoms with E-state index in [4.69, 9.17) is 9.47 Å². The van der Waals surface area contributed by atoms with E-state index in [9.17, 15) is 18.0 Å². The first-order valence-corrected chi connectivity index (χ1v) is 11.3. The van der Waals surface area contributed by atoms with Gasteiger partial charge in [0.25, 0.3) is 15.9 Å². The van der Waals surface area contributed by atoms with Crippen LogP contribution in [0.25, 0.3) is 0 Å². The lowest BCUT2D eigenvalue weighted by Gasteiger charge is -2.29. The zero-order chi connectivity index (χ0) is 19.9. The lowest BCUT2D eigenvalue weighted by Crippen LogP contribution is -2.46. The summed E-state index contributed by atoms with van der Waals surface area (Å²) in [5.41, 5.74) is 1.11. The minimum atomic E-state index is -3.43. The molecule has 28 heavy (non-hydrogen) atoms. The minimum Gasteiger partial charge on any atom is -0.449 e. The molecule has 150 valence electrons. The smallest absolute Gasteiger partial charge is 0.338 e. The van der Waals surface area contributed by atoms with Crippen molar-refractivity contribution >= 4 is 44.5 Å². The van der Waals surface area contributed by atoms with Crippen molar-refractivity contribution in [1.82, 2.24) is 4.90 Å². The topological polar surface area (TPSA) is 106 Å². The van der Waals surface area contributed by atoms with Crippen LogP contribution in [0, 0.1) is 0 Å². The first kappa shape index (κ1) is 19.2. The molecule has 0 radical (unpaired) electrons. The number of carbonyl (C=O) groups excluding carboxylic acids is 2. The number of nitrogens with zero attached hydrogens (tertiary/aromatic N) is 3. The molecule has 1 aromatic carbocycles. The molecule has 3 aliphatic rings. The molecule has 0 aromatic heterocycles. The fourth-order valence-electron chi connectivity index (χ4n) is 3.18. The average Bonchev–Trinajstić information content (AvgIpc) is 3.03. The van der Waals surface area contributed by atoms with E-state index in [1.165, 1.54) is 11.8 Å². The number of morpholine rings is 1. The van der Waals surface area contributed by atoms with Gasteiger partial charge in [0.2, 0.25) is 0 Å². The Morgan fingerprint density at radius 1 is 1.25 bits per heavy atom. The van der Waals surface area contributed by atoms with Crippen molar-refractivity contribution in [2.75, 3.05) is 43.5 Å². The summed E-state index contributed by atoms with van der Waals surface area (Å²) in [4.78, 5) is 29.1. The number of hydrogen-bond donors (Lipinski definition) is 0. The van der Waals surface area contributed by atoms with Gasteiger partial charge in [-0.2, -0.15) is 0 Å². The van der Waals surface area contributed by atoms with Crippen LogP contribution >= 0.6 is 11.8 Å². The lowest BCUT2D eigenvalue weighted by atomic mass is 10.2. The van der Waals surface area contributed by atoms with Gasteiger partial charge in [-0.1, -0.05) is 0 Å². The number of benzene rings is 1. The van der Waals surface area contributed by atoms with Gasteiger partial charge in [-0.05, 0) is 36.9 Å². The fraction of sp³-hybridized carbons (Fsp3) is 0.471. The molecule has 0 saturated carbocycles. The highest BCUT2D eigenvalue weighted by atomic mass is 32.2. The maximum Gasteiger partial charge on any atom is 0.338 e. The number of anilines is 1. The summed E-state index contributed by atoms with van der Waals surface area (Å²) in [7, 11) is -3.43. The third kappa shape index (κ3) is 3.74. The number of esters is 1. The van der Waals surface area contributed by atoms with Crippen LogP contribution in [0.3, 0.4) is 0 Å². The molecule has 1 unspecified atom stereocenters. The van der Waals surface area contributed by atoms with E-state index in [1.54, 1.807) is 30.0 Å². The Morgan fingerprint density at radius 3 is 2.75 bits per heavy atom. The highest BCUT2D eigenvalue weighted by molar-refractivity contribution is 8.15. The first-order chi connectivity index (χ1) is 13.3. The number of thioether (sulfide) groups is 1. The number of rotatable bonds is 3. The van der Waals surface area contributed by atoms with Crippen LogP contribution in [0.2, 0.25) is 0 Å². The van der Waals surface area contributed by atoms with Crippen molar-refractivity contribution in [1.29, 1.82) is 0 Å². The van der Waals surface area contributed by atoms with Gasteiger partial charge in [0, 0.05) is 24.5 Å². The Hall–Kier alpha value is -2.11. The summed E-state index contributed by atoms with van der Waals surface area (Å²) in [6.45, 7) is 3.80. The highest BCUT2D eigenvalue weighted by Gasteiger charge is 2.34. The second-order valence-electron chi connectivity index (χ2n) is 6.58. The van der Waals surface area contributed by atoms with Gasteiger partial charge in [0.1, 0.15) is 0 Å².